The summed E-state index contributed by atoms with van der Waals surface area (Å²) in [5.41, 5.74) is -1.21. The molecule has 0 aromatic carbocycles. The van der Waals surface area contributed by atoms with Crippen molar-refractivity contribution in [2.45, 2.75) is 58.0 Å². The number of carbonyl (C=O) groups excluding carboxylic acids is 1. The predicted molar refractivity (Wildman–Crippen MR) is 70.1 cm³/mol. The van der Waals surface area contributed by atoms with E-state index in [4.69, 9.17) is 6.42 Å². The maximum Gasteiger partial charge on any atom is 0.329 e. The van der Waals surface area contributed by atoms with Gasteiger partial charge in [-0.15, -0.1) is 12.3 Å². The van der Waals surface area contributed by atoms with E-state index in [1.807, 2.05) is 6.92 Å². The van der Waals surface area contributed by atoms with Crippen molar-refractivity contribution in [3.63, 3.8) is 0 Å². The third-order valence-corrected chi connectivity index (χ3v) is 3.16. The highest BCUT2D eigenvalue weighted by molar-refractivity contribution is 5.86. The van der Waals surface area contributed by atoms with Gasteiger partial charge in [0.05, 0.1) is 0 Å². The Hall–Kier alpha value is -1.70. The molecule has 0 aliphatic carbocycles. The topological polar surface area (TPSA) is 78.4 Å². The van der Waals surface area contributed by atoms with Crippen LogP contribution < -0.4 is 10.6 Å². The highest BCUT2D eigenvalue weighted by Crippen LogP contribution is 2.15. The van der Waals surface area contributed by atoms with E-state index in [1.54, 1.807) is 13.8 Å². The number of hydrogen-bond donors (Lipinski definition) is 3. The number of amides is 2. The molecular weight excluding hydrogens is 232 g/mol. The molecule has 0 heterocycles. The molecule has 5 nitrogen and oxygen atoms in total. The van der Waals surface area contributed by atoms with E-state index >= 15 is 0 Å². The first-order valence-electron chi connectivity index (χ1n) is 6.21. The van der Waals surface area contributed by atoms with Gasteiger partial charge in [-0.2, -0.15) is 0 Å². The van der Waals surface area contributed by atoms with E-state index in [0.29, 0.717) is 25.7 Å². The Bertz CT molecular complexity index is 330. The number of hydrogen-bond acceptors (Lipinski definition) is 2. The first-order chi connectivity index (χ1) is 8.45. The van der Waals surface area contributed by atoms with Gasteiger partial charge in [-0.25, -0.2) is 9.59 Å². The largest absolute Gasteiger partial charge is 0.480 e. The first-order valence-corrected chi connectivity index (χ1v) is 6.21. The average molecular weight is 254 g/mol. The molecule has 0 bridgehead atoms. The van der Waals surface area contributed by atoms with Gasteiger partial charge in [0.2, 0.25) is 0 Å². The zero-order valence-corrected chi connectivity index (χ0v) is 11.2. The van der Waals surface area contributed by atoms with Gasteiger partial charge in [0, 0.05) is 12.5 Å². The Balaban J connectivity index is 4.62. The van der Waals surface area contributed by atoms with Gasteiger partial charge in [-0.1, -0.05) is 20.8 Å². The summed E-state index contributed by atoms with van der Waals surface area (Å²) in [5, 5.41) is 14.4. The van der Waals surface area contributed by atoms with Crippen molar-refractivity contribution in [3.8, 4) is 12.3 Å². The molecule has 0 saturated heterocycles. The minimum atomic E-state index is -1.21. The molecule has 0 spiro atoms. The molecule has 0 aromatic heterocycles. The molecule has 102 valence electrons. The highest BCUT2D eigenvalue weighted by Gasteiger charge is 2.36. The molecule has 0 radical (unpaired) electrons. The molecule has 1 atom stereocenters. The number of carboxylic acid groups (broad SMARTS) is 1. The maximum absolute atomic E-state index is 11.8. The molecular formula is C13H22N2O3. The number of terminal acetylenes is 1. The molecule has 0 aromatic rings. The summed E-state index contributed by atoms with van der Waals surface area (Å²) in [6, 6.07) is -0.613. The molecule has 3 N–H and O–H groups in total. The van der Waals surface area contributed by atoms with Crippen molar-refractivity contribution < 1.29 is 14.7 Å². The lowest BCUT2D eigenvalue weighted by Crippen LogP contribution is -2.57. The van der Waals surface area contributed by atoms with Crippen LogP contribution in [0.5, 0.6) is 0 Å². The Morgan fingerprint density at radius 1 is 1.33 bits per heavy atom. The predicted octanol–water partition coefficient (Wildman–Crippen LogP) is 1.73. The second kappa shape index (κ2) is 7.59. The molecule has 18 heavy (non-hydrogen) atoms. The van der Waals surface area contributed by atoms with E-state index in [9.17, 15) is 14.7 Å². The fourth-order valence-corrected chi connectivity index (χ4v) is 1.66. The summed E-state index contributed by atoms with van der Waals surface area (Å²) in [6.07, 6.45) is 6.99. The highest BCUT2D eigenvalue weighted by atomic mass is 16.4. The minimum Gasteiger partial charge on any atom is -0.480 e. The van der Waals surface area contributed by atoms with Crippen LogP contribution in [0.4, 0.5) is 4.79 Å². The summed E-state index contributed by atoms with van der Waals surface area (Å²) < 4.78 is 0. The summed E-state index contributed by atoms with van der Waals surface area (Å²) >= 11 is 0. The van der Waals surface area contributed by atoms with Gasteiger partial charge < -0.3 is 15.7 Å². The van der Waals surface area contributed by atoms with E-state index in [1.165, 1.54) is 0 Å². The average Bonchev–Trinajstić information content (AvgIpc) is 2.35. The van der Waals surface area contributed by atoms with E-state index < -0.39 is 17.5 Å². The molecule has 2 amide bonds. The molecule has 0 fully saturated rings. The molecule has 1 unspecified atom stereocenters. The van der Waals surface area contributed by atoms with Crippen molar-refractivity contribution in [3.05, 3.63) is 0 Å². The second-order valence-corrected chi connectivity index (χ2v) is 4.21. The summed E-state index contributed by atoms with van der Waals surface area (Å²) in [7, 11) is 0. The molecule has 0 aliphatic rings. The Morgan fingerprint density at radius 2 is 1.89 bits per heavy atom. The Labute approximate surface area is 108 Å². The van der Waals surface area contributed by atoms with Gasteiger partial charge in [0.1, 0.15) is 5.54 Å². The van der Waals surface area contributed by atoms with Crippen LogP contribution in [-0.4, -0.2) is 28.7 Å². The van der Waals surface area contributed by atoms with Crippen molar-refractivity contribution in [2.75, 3.05) is 0 Å². The van der Waals surface area contributed by atoms with Gasteiger partial charge >= 0.3 is 12.0 Å². The number of carbonyl (C=O) groups is 2. The lowest BCUT2D eigenvalue weighted by atomic mass is 9.93. The Kier molecular flexibility index (Phi) is 6.88. The minimum absolute atomic E-state index is 0.129. The molecule has 5 heteroatoms. The third-order valence-electron chi connectivity index (χ3n) is 3.16. The van der Waals surface area contributed by atoms with Gasteiger partial charge in [-0.3, -0.25) is 0 Å². The zero-order valence-electron chi connectivity index (χ0n) is 11.2. The number of aliphatic carboxylic acids is 1. The van der Waals surface area contributed by atoms with Crippen molar-refractivity contribution in [2.24, 2.45) is 0 Å². The fraction of sp³-hybridized carbons (Fsp3) is 0.692. The quantitative estimate of drug-likeness (QED) is 0.605. The van der Waals surface area contributed by atoms with Gasteiger partial charge in [0.15, 0.2) is 0 Å². The van der Waals surface area contributed by atoms with E-state index in [-0.39, 0.29) is 6.04 Å². The van der Waals surface area contributed by atoms with Gasteiger partial charge in [0.25, 0.3) is 0 Å². The number of nitrogens with one attached hydrogen (secondary N) is 2. The van der Waals surface area contributed by atoms with E-state index in [0.717, 1.165) is 0 Å². The van der Waals surface area contributed by atoms with Crippen LogP contribution >= 0.6 is 0 Å². The molecule has 0 rings (SSSR count). The van der Waals surface area contributed by atoms with Gasteiger partial charge in [-0.05, 0) is 19.3 Å². The van der Waals surface area contributed by atoms with Crippen molar-refractivity contribution in [1.82, 2.24) is 10.6 Å². The number of urea groups is 1. The summed E-state index contributed by atoms with van der Waals surface area (Å²) in [5.74, 6) is 1.46. The molecule has 0 aliphatic heterocycles. The normalized spacial score (nSPS) is 12.3. The number of carboxylic acids is 1. The zero-order chi connectivity index (χ0) is 14.2. The second-order valence-electron chi connectivity index (χ2n) is 4.21. The van der Waals surface area contributed by atoms with Crippen molar-refractivity contribution >= 4 is 12.0 Å². The monoisotopic (exact) mass is 254 g/mol. The van der Waals surface area contributed by atoms with Crippen molar-refractivity contribution in [1.29, 1.82) is 0 Å². The van der Waals surface area contributed by atoms with Crippen LogP contribution in [0.25, 0.3) is 0 Å². The van der Waals surface area contributed by atoms with Crippen LogP contribution in [0.1, 0.15) is 46.5 Å². The lowest BCUT2D eigenvalue weighted by Gasteiger charge is -2.29. The van der Waals surface area contributed by atoms with Crippen LogP contribution in [0, 0.1) is 12.3 Å². The van der Waals surface area contributed by atoms with Crippen LogP contribution in [0.2, 0.25) is 0 Å². The third kappa shape index (κ3) is 4.28. The Morgan fingerprint density at radius 3 is 2.22 bits per heavy atom. The van der Waals surface area contributed by atoms with E-state index in [2.05, 4.69) is 16.6 Å². The molecule has 0 saturated carbocycles. The van der Waals surface area contributed by atoms with Crippen LogP contribution in [-0.2, 0) is 4.79 Å². The first kappa shape index (κ1) is 16.3. The van der Waals surface area contributed by atoms with Crippen LogP contribution in [0.3, 0.4) is 0 Å². The SMILES string of the molecule is C#CCC(CC)NC(=O)NC(CC)(CC)C(=O)O. The smallest absolute Gasteiger partial charge is 0.329 e. The van der Waals surface area contributed by atoms with Crippen LogP contribution in [0.15, 0.2) is 0 Å². The summed E-state index contributed by atoms with van der Waals surface area (Å²) in [4.78, 5) is 23.0. The summed E-state index contributed by atoms with van der Waals surface area (Å²) in [6.45, 7) is 5.37. The number of rotatable bonds is 7. The maximum atomic E-state index is 11.8. The lowest BCUT2D eigenvalue weighted by molar-refractivity contribution is -0.144. The standard InChI is InChI=1S/C13H22N2O3/c1-5-9-10(6-2)14-12(18)15-13(7-3,8-4)11(16)17/h1,10H,6-9H2,2-4H3,(H,16,17)(H2,14,15,18). The fourth-order valence-electron chi connectivity index (χ4n) is 1.66.